The molecular weight excluding hydrogens is 386 g/mol. The van der Waals surface area contributed by atoms with Gasteiger partial charge in [0.2, 0.25) is 0 Å². The van der Waals surface area contributed by atoms with Gasteiger partial charge >= 0.3 is 5.97 Å². The van der Waals surface area contributed by atoms with Crippen molar-refractivity contribution in [2.45, 2.75) is 33.2 Å². The van der Waals surface area contributed by atoms with Gasteiger partial charge in [0.15, 0.2) is 16.9 Å². The van der Waals surface area contributed by atoms with E-state index in [1.165, 1.54) is 6.07 Å². The first kappa shape index (κ1) is 21.9. The van der Waals surface area contributed by atoms with Crippen LogP contribution >= 0.6 is 0 Å². The van der Waals surface area contributed by atoms with Crippen molar-refractivity contribution in [1.82, 2.24) is 4.57 Å². The predicted octanol–water partition coefficient (Wildman–Crippen LogP) is 3.48. The quantitative estimate of drug-likeness (QED) is 0.485. The molecule has 0 amide bonds. The Bertz CT molecular complexity index is 978. The van der Waals surface area contributed by atoms with E-state index < -0.39 is 5.97 Å². The SMILES string of the molecule is CCOC(=O)c1cn2c(cc1=O)-c1cc(OC)c(OCCOC)cc1CC2C(C)C. The average Bonchev–Trinajstić information content (AvgIpc) is 2.72. The molecule has 7 heteroatoms. The molecule has 0 fully saturated rings. The average molecular weight is 415 g/mol. The fourth-order valence-electron chi connectivity index (χ4n) is 3.80. The zero-order valence-electron chi connectivity index (χ0n) is 18.2. The van der Waals surface area contributed by atoms with Gasteiger partial charge in [0, 0.05) is 31.0 Å². The van der Waals surface area contributed by atoms with Crippen molar-refractivity contribution in [1.29, 1.82) is 0 Å². The molecule has 7 nitrogen and oxygen atoms in total. The number of aromatic nitrogens is 1. The van der Waals surface area contributed by atoms with Crippen LogP contribution in [0.25, 0.3) is 11.3 Å². The van der Waals surface area contributed by atoms with Crippen molar-refractivity contribution in [3.05, 3.63) is 45.7 Å². The number of ether oxygens (including phenoxy) is 4. The third-order valence-electron chi connectivity index (χ3n) is 5.34. The fourth-order valence-corrected chi connectivity index (χ4v) is 3.80. The summed E-state index contributed by atoms with van der Waals surface area (Å²) in [4.78, 5) is 25.0. The minimum absolute atomic E-state index is 0.0567. The summed E-state index contributed by atoms with van der Waals surface area (Å²) in [5.74, 6) is 0.927. The van der Waals surface area contributed by atoms with Crippen molar-refractivity contribution < 1.29 is 23.7 Å². The molecule has 1 aliphatic heterocycles. The number of methoxy groups -OCH3 is 2. The van der Waals surface area contributed by atoms with Crippen LogP contribution in [0.4, 0.5) is 0 Å². The summed E-state index contributed by atoms with van der Waals surface area (Å²) < 4.78 is 23.5. The Labute approximate surface area is 176 Å². The van der Waals surface area contributed by atoms with Crippen LogP contribution in [0.2, 0.25) is 0 Å². The summed E-state index contributed by atoms with van der Waals surface area (Å²) >= 11 is 0. The van der Waals surface area contributed by atoms with Gasteiger partial charge in [-0.25, -0.2) is 4.79 Å². The van der Waals surface area contributed by atoms with E-state index in [-0.39, 0.29) is 29.6 Å². The van der Waals surface area contributed by atoms with Crippen LogP contribution in [0.15, 0.2) is 29.2 Å². The molecule has 0 radical (unpaired) electrons. The van der Waals surface area contributed by atoms with Gasteiger partial charge in [-0.05, 0) is 37.0 Å². The minimum atomic E-state index is -0.592. The fraction of sp³-hybridized carbons (Fsp3) is 0.478. The highest BCUT2D eigenvalue weighted by Crippen LogP contribution is 2.42. The Morgan fingerprint density at radius 1 is 1.17 bits per heavy atom. The van der Waals surface area contributed by atoms with Gasteiger partial charge in [0.1, 0.15) is 12.2 Å². The predicted molar refractivity (Wildman–Crippen MR) is 114 cm³/mol. The summed E-state index contributed by atoms with van der Waals surface area (Å²) in [6.45, 7) is 7.09. The van der Waals surface area contributed by atoms with Crippen LogP contribution in [0.1, 0.15) is 42.7 Å². The zero-order chi connectivity index (χ0) is 21.8. The number of carbonyl (C=O) groups excluding carboxylic acids is 1. The third kappa shape index (κ3) is 4.21. The number of nitrogens with zero attached hydrogens (tertiary/aromatic N) is 1. The molecule has 0 spiro atoms. The van der Waals surface area contributed by atoms with Crippen LogP contribution < -0.4 is 14.9 Å². The lowest BCUT2D eigenvalue weighted by Crippen LogP contribution is -2.28. The van der Waals surface area contributed by atoms with Crippen LogP contribution in [0.3, 0.4) is 0 Å². The highest BCUT2D eigenvalue weighted by atomic mass is 16.5. The Morgan fingerprint density at radius 2 is 1.93 bits per heavy atom. The number of esters is 1. The molecule has 0 bridgehead atoms. The number of benzene rings is 1. The number of pyridine rings is 1. The van der Waals surface area contributed by atoms with Gasteiger partial charge in [0.25, 0.3) is 0 Å². The molecule has 1 atom stereocenters. The lowest BCUT2D eigenvalue weighted by Gasteiger charge is -2.34. The largest absolute Gasteiger partial charge is 0.493 e. The second-order valence-corrected chi connectivity index (χ2v) is 7.58. The molecule has 0 saturated heterocycles. The minimum Gasteiger partial charge on any atom is -0.493 e. The maximum absolute atomic E-state index is 12.7. The van der Waals surface area contributed by atoms with E-state index >= 15 is 0 Å². The second kappa shape index (κ2) is 9.34. The van der Waals surface area contributed by atoms with E-state index in [0.29, 0.717) is 24.7 Å². The van der Waals surface area contributed by atoms with Crippen LogP contribution in [-0.2, 0) is 15.9 Å². The van der Waals surface area contributed by atoms with E-state index in [0.717, 1.165) is 23.2 Å². The topological polar surface area (TPSA) is 76.0 Å². The van der Waals surface area contributed by atoms with E-state index in [4.69, 9.17) is 18.9 Å². The molecule has 0 aliphatic carbocycles. The Kier molecular flexibility index (Phi) is 6.82. The van der Waals surface area contributed by atoms with E-state index in [1.54, 1.807) is 27.3 Å². The zero-order valence-corrected chi connectivity index (χ0v) is 18.2. The molecule has 1 unspecified atom stereocenters. The number of hydrogen-bond donors (Lipinski definition) is 0. The van der Waals surface area contributed by atoms with E-state index in [1.807, 2.05) is 16.7 Å². The summed E-state index contributed by atoms with van der Waals surface area (Å²) in [6.07, 6.45) is 2.38. The molecule has 2 aromatic rings. The van der Waals surface area contributed by atoms with E-state index in [9.17, 15) is 9.59 Å². The van der Waals surface area contributed by atoms with Gasteiger partial charge in [-0.15, -0.1) is 0 Å². The molecule has 162 valence electrons. The molecule has 1 aromatic heterocycles. The van der Waals surface area contributed by atoms with Crippen molar-refractivity contribution in [2.75, 3.05) is 34.0 Å². The number of fused-ring (bicyclic) bond motifs is 3. The van der Waals surface area contributed by atoms with Gasteiger partial charge in [0.05, 0.1) is 26.0 Å². The molecule has 0 saturated carbocycles. The highest BCUT2D eigenvalue weighted by molar-refractivity contribution is 5.89. The monoisotopic (exact) mass is 415 g/mol. The van der Waals surface area contributed by atoms with Crippen molar-refractivity contribution >= 4 is 5.97 Å². The van der Waals surface area contributed by atoms with Gasteiger partial charge in [-0.1, -0.05) is 13.8 Å². The first-order valence-electron chi connectivity index (χ1n) is 10.2. The van der Waals surface area contributed by atoms with E-state index in [2.05, 4.69) is 13.8 Å². The van der Waals surface area contributed by atoms with Gasteiger partial charge in [-0.2, -0.15) is 0 Å². The van der Waals surface area contributed by atoms with Gasteiger partial charge in [-0.3, -0.25) is 4.79 Å². The lowest BCUT2D eigenvalue weighted by molar-refractivity contribution is 0.0523. The summed E-state index contributed by atoms with van der Waals surface area (Å²) in [6, 6.07) is 5.47. The molecule has 30 heavy (non-hydrogen) atoms. The number of carbonyl (C=O) groups is 1. The smallest absolute Gasteiger partial charge is 0.343 e. The Balaban J connectivity index is 2.14. The number of rotatable bonds is 8. The Hall–Kier alpha value is -2.80. The lowest BCUT2D eigenvalue weighted by atomic mass is 9.87. The highest BCUT2D eigenvalue weighted by Gasteiger charge is 2.29. The normalized spacial score (nSPS) is 14.8. The van der Waals surface area contributed by atoms with Gasteiger partial charge < -0.3 is 23.5 Å². The maximum Gasteiger partial charge on any atom is 0.343 e. The molecular formula is C23H29NO6. The van der Waals surface area contributed by atoms with Crippen molar-refractivity contribution in [3.63, 3.8) is 0 Å². The Morgan fingerprint density at radius 3 is 2.57 bits per heavy atom. The van der Waals surface area contributed by atoms with Crippen LogP contribution in [0.5, 0.6) is 11.5 Å². The molecule has 1 aliphatic rings. The number of hydrogen-bond acceptors (Lipinski definition) is 6. The summed E-state index contributed by atoms with van der Waals surface area (Å²) in [5.41, 5.74) is 2.44. The van der Waals surface area contributed by atoms with Crippen molar-refractivity contribution in [3.8, 4) is 22.8 Å². The van der Waals surface area contributed by atoms with Crippen LogP contribution in [-0.4, -0.2) is 44.6 Å². The molecule has 0 N–H and O–H groups in total. The molecule has 2 heterocycles. The summed E-state index contributed by atoms with van der Waals surface area (Å²) in [5, 5.41) is 0. The standard InChI is InChI=1S/C23H29NO6/c1-6-29-23(26)17-13-24-18(14(2)3)9-15-10-22(30-8-7-27-4)21(28-5)11-16(15)19(24)12-20(17)25/h10-14,18H,6-9H2,1-5H3. The summed E-state index contributed by atoms with van der Waals surface area (Å²) in [7, 11) is 3.21. The second-order valence-electron chi connectivity index (χ2n) is 7.58. The third-order valence-corrected chi connectivity index (χ3v) is 5.34. The van der Waals surface area contributed by atoms with Crippen molar-refractivity contribution in [2.24, 2.45) is 5.92 Å². The maximum atomic E-state index is 12.7. The molecule has 3 rings (SSSR count). The molecule has 1 aromatic carbocycles. The first-order chi connectivity index (χ1) is 14.4. The first-order valence-corrected chi connectivity index (χ1v) is 10.2. The van der Waals surface area contributed by atoms with Crippen LogP contribution in [0, 0.1) is 5.92 Å².